The first kappa shape index (κ1) is 14.0. The molecule has 0 radical (unpaired) electrons. The lowest BCUT2D eigenvalue weighted by molar-refractivity contribution is 0.208. The zero-order valence-electron chi connectivity index (χ0n) is 12.0. The Balaban J connectivity index is 2.14. The quantitative estimate of drug-likeness (QED) is 0.774. The molecule has 4 nitrogen and oxygen atoms in total. The van der Waals surface area contributed by atoms with E-state index in [0.29, 0.717) is 6.54 Å². The Labute approximate surface area is 127 Å². The lowest BCUT2D eigenvalue weighted by atomic mass is 10.1. The van der Waals surface area contributed by atoms with Crippen LogP contribution in [0.25, 0.3) is 21.3 Å². The fourth-order valence-electron chi connectivity index (χ4n) is 2.25. The summed E-state index contributed by atoms with van der Waals surface area (Å²) in [7, 11) is 0. The monoisotopic (exact) mass is 299 g/mol. The van der Waals surface area contributed by atoms with E-state index in [0.717, 1.165) is 33.0 Å². The highest BCUT2D eigenvalue weighted by Gasteiger charge is 2.14. The molecule has 2 aromatic heterocycles. The Bertz CT molecular complexity index is 753. The summed E-state index contributed by atoms with van der Waals surface area (Å²) in [5, 5.41) is 15.9. The maximum atomic E-state index is 9.49. The molecule has 2 N–H and O–H groups in total. The third-order valence-corrected chi connectivity index (χ3v) is 4.07. The van der Waals surface area contributed by atoms with E-state index in [4.69, 9.17) is 0 Å². The highest BCUT2D eigenvalue weighted by Crippen LogP contribution is 2.36. The number of rotatable bonds is 4. The molecule has 0 spiro atoms. The smallest absolute Gasteiger partial charge is 0.139 e. The summed E-state index contributed by atoms with van der Waals surface area (Å²) in [4.78, 5) is 9.99. The molecule has 0 fully saturated rings. The van der Waals surface area contributed by atoms with Gasteiger partial charge in [-0.15, -0.1) is 11.3 Å². The van der Waals surface area contributed by atoms with Gasteiger partial charge in [0.05, 0.1) is 11.5 Å². The first-order valence-electron chi connectivity index (χ1n) is 6.88. The fourth-order valence-corrected chi connectivity index (χ4v) is 3.24. The Hall–Kier alpha value is -1.98. The molecule has 0 amide bonds. The molecule has 108 valence electrons. The molecule has 0 unspecified atom stereocenters. The number of fused-ring (bicyclic) bond motifs is 1. The average Bonchev–Trinajstić information content (AvgIpc) is 2.89. The molecular formula is C16H17N3OS. The minimum atomic E-state index is -0.422. The molecule has 21 heavy (non-hydrogen) atoms. The Morgan fingerprint density at radius 1 is 1.24 bits per heavy atom. The predicted octanol–water partition coefficient (Wildman–Crippen LogP) is 3.46. The van der Waals surface area contributed by atoms with E-state index in [1.807, 2.05) is 25.1 Å². The summed E-state index contributed by atoms with van der Waals surface area (Å²) < 4.78 is 0. The molecule has 3 rings (SSSR count). The number of benzene rings is 1. The van der Waals surface area contributed by atoms with Crippen molar-refractivity contribution in [2.45, 2.75) is 20.0 Å². The number of anilines is 1. The van der Waals surface area contributed by atoms with Crippen LogP contribution in [-0.4, -0.2) is 27.7 Å². The number of nitrogens with zero attached hydrogens (tertiary/aromatic N) is 2. The van der Waals surface area contributed by atoms with Crippen molar-refractivity contribution in [1.29, 1.82) is 0 Å². The molecule has 0 saturated carbocycles. The molecule has 2 heterocycles. The topological polar surface area (TPSA) is 58.0 Å². The number of aromatic nitrogens is 2. The largest absolute Gasteiger partial charge is 0.392 e. The molecule has 5 heteroatoms. The van der Waals surface area contributed by atoms with Gasteiger partial charge in [-0.1, -0.05) is 30.3 Å². The summed E-state index contributed by atoms with van der Waals surface area (Å²) in [6, 6.07) is 10.2. The highest BCUT2D eigenvalue weighted by atomic mass is 32.1. The van der Waals surface area contributed by atoms with Crippen LogP contribution in [0, 0.1) is 6.92 Å². The van der Waals surface area contributed by atoms with Crippen molar-refractivity contribution in [2.75, 3.05) is 11.9 Å². The van der Waals surface area contributed by atoms with E-state index in [2.05, 4.69) is 32.8 Å². The highest BCUT2D eigenvalue weighted by molar-refractivity contribution is 7.17. The van der Waals surface area contributed by atoms with Crippen LogP contribution in [0.5, 0.6) is 0 Å². The molecule has 0 aliphatic rings. The average molecular weight is 299 g/mol. The van der Waals surface area contributed by atoms with Crippen LogP contribution < -0.4 is 5.32 Å². The number of hydrogen-bond acceptors (Lipinski definition) is 5. The van der Waals surface area contributed by atoms with Crippen molar-refractivity contribution in [3.63, 3.8) is 0 Å². The summed E-state index contributed by atoms with van der Waals surface area (Å²) in [6.07, 6.45) is -0.422. The van der Waals surface area contributed by atoms with E-state index >= 15 is 0 Å². The number of nitrogens with one attached hydrogen (secondary N) is 1. The van der Waals surface area contributed by atoms with Crippen molar-refractivity contribution in [3.05, 3.63) is 41.5 Å². The number of aryl methyl sites for hydroxylation is 1. The maximum absolute atomic E-state index is 9.49. The molecule has 0 bridgehead atoms. The van der Waals surface area contributed by atoms with Crippen LogP contribution in [-0.2, 0) is 0 Å². The lowest BCUT2D eigenvalue weighted by Gasteiger charge is -2.10. The molecule has 1 aromatic carbocycles. The third-order valence-electron chi connectivity index (χ3n) is 3.20. The van der Waals surface area contributed by atoms with Crippen LogP contribution in [0.15, 0.2) is 35.7 Å². The van der Waals surface area contributed by atoms with E-state index < -0.39 is 6.10 Å². The number of hydrogen-bond donors (Lipinski definition) is 2. The summed E-state index contributed by atoms with van der Waals surface area (Å²) >= 11 is 1.62. The summed E-state index contributed by atoms with van der Waals surface area (Å²) in [6.45, 7) is 4.11. The third kappa shape index (κ3) is 2.89. The van der Waals surface area contributed by atoms with Gasteiger partial charge in [0.15, 0.2) is 0 Å². The molecule has 0 aliphatic carbocycles. The van der Waals surface area contributed by atoms with Crippen LogP contribution in [0.2, 0.25) is 0 Å². The Kier molecular flexibility index (Phi) is 3.86. The zero-order valence-corrected chi connectivity index (χ0v) is 12.8. The van der Waals surface area contributed by atoms with Gasteiger partial charge in [0.25, 0.3) is 0 Å². The number of thiophene rings is 1. The first-order chi connectivity index (χ1) is 10.1. The standard InChI is InChI=1S/C16H17N3OS/c1-10(20)8-17-15-14-13(12-6-4-3-5-7-12)9-21-16(14)19-11(2)18-15/h3-7,9-10,20H,8H2,1-2H3,(H,17,18,19)/t10-/m0/s1. The minimum absolute atomic E-state index is 0.422. The maximum Gasteiger partial charge on any atom is 0.139 e. The van der Waals surface area contributed by atoms with Gasteiger partial charge < -0.3 is 10.4 Å². The van der Waals surface area contributed by atoms with Crippen molar-refractivity contribution in [3.8, 4) is 11.1 Å². The molecule has 1 atom stereocenters. The van der Waals surface area contributed by atoms with Gasteiger partial charge in [0.1, 0.15) is 16.5 Å². The fraction of sp³-hybridized carbons (Fsp3) is 0.250. The van der Waals surface area contributed by atoms with Crippen LogP contribution >= 0.6 is 11.3 Å². The molecule has 0 aliphatic heterocycles. The van der Waals surface area contributed by atoms with Crippen LogP contribution in [0.1, 0.15) is 12.7 Å². The van der Waals surface area contributed by atoms with E-state index in [1.165, 1.54) is 0 Å². The van der Waals surface area contributed by atoms with Crippen molar-refractivity contribution < 1.29 is 5.11 Å². The molecule has 3 aromatic rings. The van der Waals surface area contributed by atoms with Crippen LogP contribution in [0.4, 0.5) is 5.82 Å². The predicted molar refractivity (Wildman–Crippen MR) is 87.8 cm³/mol. The van der Waals surface area contributed by atoms with Gasteiger partial charge in [-0.2, -0.15) is 0 Å². The minimum Gasteiger partial charge on any atom is -0.392 e. The zero-order chi connectivity index (χ0) is 14.8. The van der Waals surface area contributed by atoms with Gasteiger partial charge >= 0.3 is 0 Å². The SMILES string of the molecule is Cc1nc(NC[C@H](C)O)c2c(-c3ccccc3)csc2n1. The molecular weight excluding hydrogens is 282 g/mol. The second-order valence-corrected chi connectivity index (χ2v) is 5.90. The normalized spacial score (nSPS) is 12.5. The van der Waals surface area contributed by atoms with Crippen molar-refractivity contribution in [2.24, 2.45) is 0 Å². The number of aliphatic hydroxyl groups excluding tert-OH is 1. The molecule has 0 saturated heterocycles. The van der Waals surface area contributed by atoms with E-state index in [9.17, 15) is 5.11 Å². The van der Waals surface area contributed by atoms with Gasteiger partial charge in [0.2, 0.25) is 0 Å². The van der Waals surface area contributed by atoms with Crippen molar-refractivity contribution >= 4 is 27.4 Å². The van der Waals surface area contributed by atoms with Gasteiger partial charge in [-0.25, -0.2) is 9.97 Å². The van der Waals surface area contributed by atoms with Gasteiger partial charge in [0, 0.05) is 17.5 Å². The number of aliphatic hydroxyl groups is 1. The van der Waals surface area contributed by atoms with E-state index in [-0.39, 0.29) is 0 Å². The van der Waals surface area contributed by atoms with E-state index in [1.54, 1.807) is 18.3 Å². The first-order valence-corrected chi connectivity index (χ1v) is 7.76. The van der Waals surface area contributed by atoms with Crippen molar-refractivity contribution in [1.82, 2.24) is 9.97 Å². The second kappa shape index (κ2) is 5.79. The van der Waals surface area contributed by atoms with Crippen LogP contribution in [0.3, 0.4) is 0 Å². The Morgan fingerprint density at radius 3 is 2.71 bits per heavy atom. The van der Waals surface area contributed by atoms with Gasteiger partial charge in [-0.3, -0.25) is 0 Å². The summed E-state index contributed by atoms with van der Waals surface area (Å²) in [5.41, 5.74) is 2.28. The second-order valence-electron chi connectivity index (χ2n) is 5.04. The van der Waals surface area contributed by atoms with Gasteiger partial charge in [-0.05, 0) is 19.4 Å². The lowest BCUT2D eigenvalue weighted by Crippen LogP contribution is -2.16. The Morgan fingerprint density at radius 2 is 2.00 bits per heavy atom. The summed E-state index contributed by atoms with van der Waals surface area (Å²) in [5.74, 6) is 1.52.